The van der Waals surface area contributed by atoms with Gasteiger partial charge < -0.3 is 19.9 Å². The smallest absolute Gasteiger partial charge is 0.259 e. The Hall–Kier alpha value is -4.13. The second-order valence-electron chi connectivity index (χ2n) is 7.60. The summed E-state index contributed by atoms with van der Waals surface area (Å²) in [6.45, 7) is -0.0884. The minimum atomic E-state index is -0.351. The molecule has 3 aromatic carbocycles. The number of nitrogens with one attached hydrogen (secondary N) is 2. The number of aromatic nitrogens is 2. The molecule has 0 bridgehead atoms. The number of hydrogen-bond donors (Lipinski definition) is 2. The molecular formula is C25H24N4O3. The van der Waals surface area contributed by atoms with Gasteiger partial charge in [-0.15, -0.1) is 0 Å². The zero-order chi connectivity index (χ0) is 22.5. The second-order valence-corrected chi connectivity index (χ2v) is 7.60. The van der Waals surface area contributed by atoms with Gasteiger partial charge in [0.05, 0.1) is 23.4 Å². The van der Waals surface area contributed by atoms with Crippen molar-refractivity contribution < 1.29 is 14.3 Å². The maximum Gasteiger partial charge on any atom is 0.259 e. The predicted octanol–water partition coefficient (Wildman–Crippen LogP) is 3.55. The Morgan fingerprint density at radius 2 is 1.81 bits per heavy atom. The molecule has 0 aliphatic heterocycles. The third kappa shape index (κ3) is 4.78. The summed E-state index contributed by atoms with van der Waals surface area (Å²) in [6, 6.07) is 22.1. The monoisotopic (exact) mass is 428 g/mol. The number of fused-ring (bicyclic) bond motifs is 1. The van der Waals surface area contributed by atoms with Crippen LogP contribution >= 0.6 is 0 Å². The number of ether oxygens (including phenoxy) is 1. The minimum absolute atomic E-state index is 0.0884. The summed E-state index contributed by atoms with van der Waals surface area (Å²) in [4.78, 5) is 33.8. The molecule has 32 heavy (non-hydrogen) atoms. The Balaban J connectivity index is 1.58. The van der Waals surface area contributed by atoms with Gasteiger partial charge in [-0.1, -0.05) is 42.5 Å². The van der Waals surface area contributed by atoms with Crippen LogP contribution in [0.15, 0.2) is 79.1 Å². The molecule has 0 fully saturated rings. The highest BCUT2D eigenvalue weighted by Crippen LogP contribution is 2.25. The molecule has 0 aliphatic rings. The first kappa shape index (κ1) is 21.1. The van der Waals surface area contributed by atoms with E-state index in [4.69, 9.17) is 4.74 Å². The third-order valence-corrected chi connectivity index (χ3v) is 5.14. The van der Waals surface area contributed by atoms with Crippen LogP contribution in [0.3, 0.4) is 0 Å². The van der Waals surface area contributed by atoms with Crippen LogP contribution < -0.4 is 10.1 Å². The van der Waals surface area contributed by atoms with Crippen molar-refractivity contribution in [1.29, 1.82) is 0 Å². The van der Waals surface area contributed by atoms with Crippen molar-refractivity contribution in [3.05, 3.63) is 95.8 Å². The van der Waals surface area contributed by atoms with Gasteiger partial charge in [0.1, 0.15) is 5.75 Å². The number of hydrogen-bond acceptors (Lipinski definition) is 4. The van der Waals surface area contributed by atoms with E-state index in [0.717, 1.165) is 22.2 Å². The minimum Gasteiger partial charge on any atom is -0.484 e. The third-order valence-electron chi connectivity index (χ3n) is 5.14. The van der Waals surface area contributed by atoms with E-state index in [2.05, 4.69) is 15.3 Å². The number of nitrogens with zero attached hydrogens (tertiary/aromatic N) is 2. The van der Waals surface area contributed by atoms with Gasteiger partial charge in [-0.2, -0.15) is 0 Å². The van der Waals surface area contributed by atoms with E-state index in [0.29, 0.717) is 11.3 Å². The molecular weight excluding hydrogens is 404 g/mol. The SMILES string of the molecule is CN(C)C(=O)COc1cccc(C(=O)NC(c2ccccc2)c2ccc3nc[nH]c3c2)c1. The van der Waals surface area contributed by atoms with Crippen LogP contribution in [0, 0.1) is 0 Å². The van der Waals surface area contributed by atoms with Gasteiger partial charge in [-0.3, -0.25) is 9.59 Å². The van der Waals surface area contributed by atoms with Crippen molar-refractivity contribution in [3.8, 4) is 5.75 Å². The summed E-state index contributed by atoms with van der Waals surface area (Å²) in [7, 11) is 3.33. The quantitative estimate of drug-likeness (QED) is 0.471. The molecule has 0 aliphatic carbocycles. The van der Waals surface area contributed by atoms with E-state index < -0.39 is 0 Å². The standard InChI is InChI=1S/C25H24N4O3/c1-29(2)23(30)15-32-20-10-6-9-19(13-20)25(31)28-24(17-7-4-3-5-8-17)18-11-12-21-22(14-18)27-16-26-21/h3-14,16,24H,15H2,1-2H3,(H,26,27)(H,28,31). The molecule has 1 unspecified atom stereocenters. The summed E-state index contributed by atoms with van der Waals surface area (Å²) < 4.78 is 5.55. The summed E-state index contributed by atoms with van der Waals surface area (Å²) in [5, 5.41) is 3.13. The van der Waals surface area contributed by atoms with Gasteiger partial charge in [0.25, 0.3) is 11.8 Å². The van der Waals surface area contributed by atoms with E-state index in [-0.39, 0.29) is 24.5 Å². The lowest BCUT2D eigenvalue weighted by Gasteiger charge is -2.20. The van der Waals surface area contributed by atoms with Crippen LogP contribution in [0.25, 0.3) is 11.0 Å². The average Bonchev–Trinajstić information content (AvgIpc) is 3.29. The molecule has 162 valence electrons. The predicted molar refractivity (Wildman–Crippen MR) is 122 cm³/mol. The molecule has 0 saturated heterocycles. The Labute approximate surface area is 186 Å². The Morgan fingerprint density at radius 1 is 1.00 bits per heavy atom. The van der Waals surface area contributed by atoms with Gasteiger partial charge in [-0.25, -0.2) is 4.98 Å². The molecule has 0 spiro atoms. The van der Waals surface area contributed by atoms with Crippen LogP contribution in [-0.4, -0.2) is 47.4 Å². The Kier molecular flexibility index (Phi) is 6.17. The molecule has 4 rings (SSSR count). The number of imidazole rings is 1. The topological polar surface area (TPSA) is 87.3 Å². The van der Waals surface area contributed by atoms with E-state index in [1.807, 2.05) is 48.5 Å². The fourth-order valence-electron chi connectivity index (χ4n) is 3.35. The van der Waals surface area contributed by atoms with Crippen LogP contribution in [0.2, 0.25) is 0 Å². The summed E-state index contributed by atoms with van der Waals surface area (Å²) in [6.07, 6.45) is 1.65. The number of aromatic amines is 1. The van der Waals surface area contributed by atoms with Crippen molar-refractivity contribution >= 4 is 22.8 Å². The molecule has 7 nitrogen and oxygen atoms in total. The molecule has 0 saturated carbocycles. The lowest BCUT2D eigenvalue weighted by Crippen LogP contribution is -2.29. The first-order chi connectivity index (χ1) is 15.5. The summed E-state index contributed by atoms with van der Waals surface area (Å²) >= 11 is 0. The number of likely N-dealkylation sites (N-methyl/N-ethyl adjacent to an activating group) is 1. The Bertz CT molecular complexity index is 1230. The van der Waals surface area contributed by atoms with Gasteiger partial charge in [0.2, 0.25) is 0 Å². The molecule has 1 atom stereocenters. The fraction of sp³-hybridized carbons (Fsp3) is 0.160. The lowest BCUT2D eigenvalue weighted by molar-refractivity contribution is -0.130. The fourth-order valence-corrected chi connectivity index (χ4v) is 3.35. The maximum atomic E-state index is 13.2. The van der Waals surface area contributed by atoms with Gasteiger partial charge in [-0.05, 0) is 41.5 Å². The van der Waals surface area contributed by atoms with Crippen molar-refractivity contribution in [1.82, 2.24) is 20.2 Å². The van der Waals surface area contributed by atoms with E-state index in [1.54, 1.807) is 44.7 Å². The van der Waals surface area contributed by atoms with Gasteiger partial charge in [0.15, 0.2) is 6.61 Å². The molecule has 2 amide bonds. The number of benzene rings is 3. The molecule has 0 radical (unpaired) electrons. The number of amides is 2. The van der Waals surface area contributed by atoms with E-state index in [9.17, 15) is 9.59 Å². The normalized spacial score (nSPS) is 11.7. The molecule has 7 heteroatoms. The van der Waals surface area contributed by atoms with Crippen molar-refractivity contribution in [2.24, 2.45) is 0 Å². The van der Waals surface area contributed by atoms with E-state index >= 15 is 0 Å². The molecule has 2 N–H and O–H groups in total. The number of carbonyl (C=O) groups is 2. The number of rotatable bonds is 7. The average molecular weight is 428 g/mol. The van der Waals surface area contributed by atoms with Gasteiger partial charge >= 0.3 is 0 Å². The first-order valence-electron chi connectivity index (χ1n) is 10.2. The summed E-state index contributed by atoms with van der Waals surface area (Å²) in [5.74, 6) is 0.0640. The lowest BCUT2D eigenvalue weighted by atomic mass is 9.97. The second kappa shape index (κ2) is 9.34. The van der Waals surface area contributed by atoms with Gasteiger partial charge in [0, 0.05) is 19.7 Å². The highest BCUT2D eigenvalue weighted by Gasteiger charge is 2.19. The summed E-state index contributed by atoms with van der Waals surface area (Å²) in [5.41, 5.74) is 4.11. The Morgan fingerprint density at radius 3 is 2.59 bits per heavy atom. The van der Waals surface area contributed by atoms with Crippen LogP contribution in [0.5, 0.6) is 5.75 Å². The number of H-pyrrole nitrogens is 1. The zero-order valence-electron chi connectivity index (χ0n) is 17.9. The van der Waals surface area contributed by atoms with Crippen LogP contribution in [0.4, 0.5) is 0 Å². The number of carbonyl (C=O) groups excluding carboxylic acids is 2. The molecule has 1 aromatic heterocycles. The van der Waals surface area contributed by atoms with E-state index in [1.165, 1.54) is 4.90 Å². The van der Waals surface area contributed by atoms with Crippen molar-refractivity contribution in [2.45, 2.75) is 6.04 Å². The zero-order valence-corrected chi connectivity index (χ0v) is 17.9. The molecule has 1 heterocycles. The highest BCUT2D eigenvalue weighted by molar-refractivity contribution is 5.95. The maximum absolute atomic E-state index is 13.2. The molecule has 4 aromatic rings. The van der Waals surface area contributed by atoms with Crippen molar-refractivity contribution in [2.75, 3.05) is 20.7 Å². The largest absolute Gasteiger partial charge is 0.484 e. The highest BCUT2D eigenvalue weighted by atomic mass is 16.5. The van der Waals surface area contributed by atoms with Crippen LogP contribution in [-0.2, 0) is 4.79 Å². The van der Waals surface area contributed by atoms with Crippen molar-refractivity contribution in [3.63, 3.8) is 0 Å². The van der Waals surface area contributed by atoms with Crippen LogP contribution in [0.1, 0.15) is 27.5 Å². The first-order valence-corrected chi connectivity index (χ1v) is 10.2.